The normalized spacial score (nSPS) is 11.3. The number of hydrogen-bond donors (Lipinski definition) is 3. The van der Waals surface area contributed by atoms with Gasteiger partial charge in [-0.2, -0.15) is 18.2 Å². The third-order valence-electron chi connectivity index (χ3n) is 2.36. The van der Waals surface area contributed by atoms with Crippen molar-refractivity contribution >= 4 is 40.7 Å². The molecule has 1 heterocycles. The number of hydrogen-bond acceptors (Lipinski definition) is 5. The number of nitrogen functional groups attached to an aromatic ring is 1. The molecule has 0 fully saturated rings. The van der Waals surface area contributed by atoms with Crippen molar-refractivity contribution in [2.24, 2.45) is 5.84 Å². The van der Waals surface area contributed by atoms with E-state index in [-0.39, 0.29) is 21.8 Å². The molecule has 10 heteroatoms. The second-order valence-electron chi connectivity index (χ2n) is 3.83. The number of nitrogens with one attached hydrogen (secondary N) is 2. The maximum Gasteiger partial charge on any atom is 0.433 e. The number of nitrogens with two attached hydrogens (primary N) is 1. The summed E-state index contributed by atoms with van der Waals surface area (Å²) in [7, 11) is 0. The molecular formula is C11H8Cl2F3N5. The minimum absolute atomic E-state index is 0.130. The second-order valence-corrected chi connectivity index (χ2v) is 4.62. The highest BCUT2D eigenvalue weighted by molar-refractivity contribution is 6.43. The lowest BCUT2D eigenvalue weighted by molar-refractivity contribution is -0.141. The zero-order valence-electron chi connectivity index (χ0n) is 10.2. The van der Waals surface area contributed by atoms with Crippen LogP contribution in [-0.4, -0.2) is 9.97 Å². The van der Waals surface area contributed by atoms with E-state index < -0.39 is 11.9 Å². The third-order valence-corrected chi connectivity index (χ3v) is 3.18. The smallest absolute Gasteiger partial charge is 0.339 e. The van der Waals surface area contributed by atoms with Crippen LogP contribution in [0.5, 0.6) is 0 Å². The van der Waals surface area contributed by atoms with Crippen LogP contribution in [0.3, 0.4) is 0 Å². The van der Waals surface area contributed by atoms with E-state index in [9.17, 15) is 13.2 Å². The van der Waals surface area contributed by atoms with Gasteiger partial charge in [0.1, 0.15) is 5.82 Å². The minimum atomic E-state index is -4.64. The molecule has 2 rings (SSSR count). The summed E-state index contributed by atoms with van der Waals surface area (Å²) in [5, 5.41) is 3.05. The molecule has 0 unspecified atom stereocenters. The van der Waals surface area contributed by atoms with Gasteiger partial charge < -0.3 is 5.32 Å². The standard InChI is InChI=1S/C11H8Cl2F3N5/c12-5-2-1-3-6(9(5)13)18-8-4-7(11(14,15)16)19-10(20-8)21-17/h1-4H,17H2,(H2,18,19,20,21). The van der Waals surface area contributed by atoms with Gasteiger partial charge in [-0.25, -0.2) is 10.8 Å². The minimum Gasteiger partial charge on any atom is -0.339 e. The van der Waals surface area contributed by atoms with Gasteiger partial charge in [0, 0.05) is 6.07 Å². The highest BCUT2D eigenvalue weighted by atomic mass is 35.5. The van der Waals surface area contributed by atoms with Crippen LogP contribution in [0.2, 0.25) is 10.0 Å². The third kappa shape index (κ3) is 3.66. The molecular weight excluding hydrogens is 330 g/mol. The van der Waals surface area contributed by atoms with Gasteiger partial charge in [-0.3, -0.25) is 5.43 Å². The van der Waals surface area contributed by atoms with Crippen molar-refractivity contribution in [2.75, 3.05) is 10.7 Å². The zero-order valence-corrected chi connectivity index (χ0v) is 11.7. The van der Waals surface area contributed by atoms with Crippen molar-refractivity contribution in [3.63, 3.8) is 0 Å². The molecule has 5 nitrogen and oxygen atoms in total. The molecule has 0 bridgehead atoms. The van der Waals surface area contributed by atoms with Crippen LogP contribution in [-0.2, 0) is 6.18 Å². The Morgan fingerprint density at radius 2 is 1.86 bits per heavy atom. The van der Waals surface area contributed by atoms with Gasteiger partial charge in [0.2, 0.25) is 5.95 Å². The lowest BCUT2D eigenvalue weighted by Crippen LogP contribution is -2.16. The first kappa shape index (κ1) is 15.6. The quantitative estimate of drug-likeness (QED) is 0.586. The number of hydrazine groups is 1. The second kappa shape index (κ2) is 5.92. The van der Waals surface area contributed by atoms with E-state index in [1.807, 2.05) is 5.43 Å². The van der Waals surface area contributed by atoms with E-state index in [0.717, 1.165) is 6.07 Å². The molecule has 0 saturated carbocycles. The average molecular weight is 338 g/mol. The van der Waals surface area contributed by atoms with Crippen LogP contribution < -0.4 is 16.6 Å². The number of anilines is 3. The van der Waals surface area contributed by atoms with Gasteiger partial charge >= 0.3 is 6.18 Å². The van der Waals surface area contributed by atoms with E-state index in [1.165, 1.54) is 0 Å². The molecule has 0 aliphatic carbocycles. The Kier molecular flexibility index (Phi) is 4.40. The van der Waals surface area contributed by atoms with Crippen LogP contribution >= 0.6 is 23.2 Å². The van der Waals surface area contributed by atoms with Crippen molar-refractivity contribution in [1.29, 1.82) is 0 Å². The van der Waals surface area contributed by atoms with E-state index in [1.54, 1.807) is 18.2 Å². The Morgan fingerprint density at radius 3 is 2.48 bits per heavy atom. The molecule has 4 N–H and O–H groups in total. The summed E-state index contributed by atoms with van der Waals surface area (Å²) < 4.78 is 38.2. The van der Waals surface area contributed by atoms with E-state index in [2.05, 4.69) is 15.3 Å². The average Bonchev–Trinajstić information content (AvgIpc) is 2.42. The van der Waals surface area contributed by atoms with Crippen LogP contribution in [0, 0.1) is 0 Å². The number of benzene rings is 1. The molecule has 0 aliphatic heterocycles. The lowest BCUT2D eigenvalue weighted by atomic mass is 10.3. The summed E-state index contributed by atoms with van der Waals surface area (Å²) in [4.78, 5) is 7.00. The fraction of sp³-hybridized carbons (Fsp3) is 0.0909. The van der Waals surface area contributed by atoms with E-state index in [4.69, 9.17) is 29.0 Å². The van der Waals surface area contributed by atoms with Gasteiger partial charge in [0.05, 0.1) is 15.7 Å². The van der Waals surface area contributed by atoms with E-state index in [0.29, 0.717) is 5.69 Å². The fourth-order valence-electron chi connectivity index (χ4n) is 1.46. The topological polar surface area (TPSA) is 75.9 Å². The Bertz CT molecular complexity index is 663. The first-order chi connectivity index (χ1) is 9.81. The fourth-order valence-corrected chi connectivity index (χ4v) is 1.81. The summed E-state index contributed by atoms with van der Waals surface area (Å²) in [6.07, 6.45) is -4.64. The molecule has 0 spiro atoms. The molecule has 112 valence electrons. The van der Waals surface area contributed by atoms with Gasteiger partial charge in [0.25, 0.3) is 0 Å². The molecule has 0 aliphatic rings. The van der Waals surface area contributed by atoms with E-state index >= 15 is 0 Å². The highest BCUT2D eigenvalue weighted by Crippen LogP contribution is 2.33. The number of nitrogens with zero attached hydrogens (tertiary/aromatic N) is 2. The van der Waals surface area contributed by atoms with Crippen molar-refractivity contribution in [3.05, 3.63) is 40.0 Å². The Morgan fingerprint density at radius 1 is 1.14 bits per heavy atom. The number of alkyl halides is 3. The predicted molar refractivity (Wildman–Crippen MR) is 74.6 cm³/mol. The summed E-state index contributed by atoms with van der Waals surface area (Å²) in [5.74, 6) is 4.55. The highest BCUT2D eigenvalue weighted by Gasteiger charge is 2.33. The largest absolute Gasteiger partial charge is 0.433 e. The van der Waals surface area contributed by atoms with Gasteiger partial charge in [-0.05, 0) is 12.1 Å². The molecule has 0 amide bonds. The predicted octanol–water partition coefficient (Wildman–Crippen LogP) is 3.83. The zero-order chi connectivity index (χ0) is 15.6. The van der Waals surface area contributed by atoms with Gasteiger partial charge in [-0.1, -0.05) is 29.3 Å². The first-order valence-corrected chi connectivity index (χ1v) is 6.21. The summed E-state index contributed by atoms with van der Waals surface area (Å²) in [6.45, 7) is 0. The SMILES string of the molecule is NNc1nc(Nc2cccc(Cl)c2Cl)cc(C(F)(F)F)n1. The molecule has 21 heavy (non-hydrogen) atoms. The van der Waals surface area contributed by atoms with Crippen molar-refractivity contribution in [1.82, 2.24) is 9.97 Å². The lowest BCUT2D eigenvalue weighted by Gasteiger charge is -2.12. The monoisotopic (exact) mass is 337 g/mol. The van der Waals surface area contributed by atoms with Crippen molar-refractivity contribution in [2.45, 2.75) is 6.18 Å². The molecule has 1 aromatic carbocycles. The molecule has 2 aromatic rings. The van der Waals surface area contributed by atoms with Gasteiger partial charge in [-0.15, -0.1) is 0 Å². The summed E-state index contributed by atoms with van der Waals surface area (Å²) in [5.41, 5.74) is 1.13. The van der Waals surface area contributed by atoms with Crippen molar-refractivity contribution < 1.29 is 13.2 Å². The Hall–Kier alpha value is -1.77. The number of halogens is 5. The molecule has 0 atom stereocenters. The van der Waals surface area contributed by atoms with Crippen LogP contribution in [0.1, 0.15) is 5.69 Å². The Labute approximate surface area is 127 Å². The van der Waals surface area contributed by atoms with Gasteiger partial charge in [0.15, 0.2) is 5.69 Å². The summed E-state index contributed by atoms with van der Waals surface area (Å²) in [6, 6.07) is 5.41. The number of aromatic nitrogens is 2. The Balaban J connectivity index is 2.42. The molecule has 1 aromatic heterocycles. The van der Waals surface area contributed by atoms with Crippen LogP contribution in [0.4, 0.5) is 30.6 Å². The summed E-state index contributed by atoms with van der Waals surface area (Å²) >= 11 is 11.8. The van der Waals surface area contributed by atoms with Crippen LogP contribution in [0.25, 0.3) is 0 Å². The van der Waals surface area contributed by atoms with Crippen LogP contribution in [0.15, 0.2) is 24.3 Å². The number of rotatable bonds is 3. The molecule has 0 radical (unpaired) electrons. The maximum atomic E-state index is 12.7. The molecule has 0 saturated heterocycles. The maximum absolute atomic E-state index is 12.7. The first-order valence-electron chi connectivity index (χ1n) is 5.45. The van der Waals surface area contributed by atoms with Crippen molar-refractivity contribution in [3.8, 4) is 0 Å².